The molecule has 0 fully saturated rings. The molecule has 0 amide bonds. The maximum atomic E-state index is 6.19. The van der Waals surface area contributed by atoms with Gasteiger partial charge in [-0.05, 0) is 24.9 Å². The van der Waals surface area contributed by atoms with Gasteiger partial charge in [0, 0.05) is 6.54 Å². The number of aryl methyl sites for hydroxylation is 2. The molecule has 2 aromatic rings. The van der Waals surface area contributed by atoms with Crippen LogP contribution in [0.25, 0.3) is 0 Å². The van der Waals surface area contributed by atoms with Gasteiger partial charge in [-0.25, -0.2) is 5.43 Å². The Bertz CT molecular complexity index is 522. The lowest BCUT2D eigenvalue weighted by molar-refractivity contribution is 0.545. The molecule has 98 valence electrons. The van der Waals surface area contributed by atoms with Crippen molar-refractivity contribution in [2.24, 2.45) is 5.84 Å². The molecule has 0 saturated heterocycles. The van der Waals surface area contributed by atoms with E-state index in [4.69, 9.17) is 17.4 Å². The molecular formula is C10H15ClN6S. The van der Waals surface area contributed by atoms with Gasteiger partial charge in [0.1, 0.15) is 6.04 Å². The third kappa shape index (κ3) is 2.26. The first-order valence-corrected chi connectivity index (χ1v) is 6.86. The molecule has 2 aromatic heterocycles. The highest BCUT2D eigenvalue weighted by atomic mass is 35.5. The van der Waals surface area contributed by atoms with Crippen molar-refractivity contribution >= 4 is 23.1 Å². The number of nitrogens with two attached hydrogens (primary N) is 1. The summed E-state index contributed by atoms with van der Waals surface area (Å²) in [6, 6.07) is -0.227. The van der Waals surface area contributed by atoms with E-state index < -0.39 is 0 Å². The predicted molar refractivity (Wildman–Crippen MR) is 71.4 cm³/mol. The van der Waals surface area contributed by atoms with Crippen LogP contribution in [0.5, 0.6) is 0 Å². The Kier molecular flexibility index (Phi) is 4.28. The van der Waals surface area contributed by atoms with Crippen molar-refractivity contribution in [1.29, 1.82) is 0 Å². The van der Waals surface area contributed by atoms with Crippen molar-refractivity contribution < 1.29 is 0 Å². The van der Waals surface area contributed by atoms with E-state index in [1.54, 1.807) is 6.20 Å². The minimum atomic E-state index is -0.227. The first-order valence-electron chi connectivity index (χ1n) is 5.71. The molecule has 0 aromatic carbocycles. The molecule has 8 heteroatoms. The average Bonchev–Trinajstić information content (AvgIpc) is 2.98. The molecule has 2 rings (SSSR count). The number of nitrogens with zero attached hydrogens (tertiary/aromatic N) is 4. The number of nitrogens with one attached hydrogen (secondary N) is 1. The second-order valence-corrected chi connectivity index (χ2v) is 4.92. The van der Waals surface area contributed by atoms with Crippen LogP contribution in [0.3, 0.4) is 0 Å². The van der Waals surface area contributed by atoms with E-state index in [1.165, 1.54) is 11.5 Å². The SMILES string of the molecule is CCc1nnsc1C(NN)c1c(Cl)cnn1CC. The van der Waals surface area contributed by atoms with Crippen molar-refractivity contribution in [2.45, 2.75) is 32.9 Å². The van der Waals surface area contributed by atoms with Crippen molar-refractivity contribution in [3.05, 3.63) is 27.5 Å². The first kappa shape index (κ1) is 13.4. The van der Waals surface area contributed by atoms with E-state index in [2.05, 4.69) is 20.1 Å². The fraction of sp³-hybridized carbons (Fsp3) is 0.500. The van der Waals surface area contributed by atoms with Gasteiger partial charge in [-0.1, -0.05) is 23.0 Å². The van der Waals surface area contributed by atoms with Crippen LogP contribution in [0, 0.1) is 0 Å². The standard InChI is InChI=1S/C10H15ClN6S/c1-3-7-10(18-16-15-7)8(14-12)9-6(11)5-13-17(9)4-2/h5,8,14H,3-4,12H2,1-2H3. The minimum Gasteiger partial charge on any atom is -0.270 e. The zero-order valence-corrected chi connectivity index (χ0v) is 11.8. The minimum absolute atomic E-state index is 0.227. The third-order valence-electron chi connectivity index (χ3n) is 2.76. The molecule has 0 saturated carbocycles. The van der Waals surface area contributed by atoms with Gasteiger partial charge in [0.15, 0.2) is 0 Å². The van der Waals surface area contributed by atoms with Crippen molar-refractivity contribution in [1.82, 2.24) is 24.8 Å². The van der Waals surface area contributed by atoms with Crippen LogP contribution >= 0.6 is 23.1 Å². The number of rotatable bonds is 5. The quantitative estimate of drug-likeness (QED) is 0.643. The first-order chi connectivity index (χ1) is 8.72. The molecule has 0 bridgehead atoms. The smallest absolute Gasteiger partial charge is 0.102 e. The maximum Gasteiger partial charge on any atom is 0.102 e. The van der Waals surface area contributed by atoms with Gasteiger partial charge in [-0.2, -0.15) is 5.10 Å². The van der Waals surface area contributed by atoms with Crippen LogP contribution in [0.4, 0.5) is 0 Å². The van der Waals surface area contributed by atoms with Crippen molar-refractivity contribution in [3.8, 4) is 0 Å². The lowest BCUT2D eigenvalue weighted by atomic mass is 10.1. The maximum absolute atomic E-state index is 6.19. The van der Waals surface area contributed by atoms with E-state index in [-0.39, 0.29) is 6.04 Å². The number of hydrogen-bond acceptors (Lipinski definition) is 6. The molecule has 0 spiro atoms. The highest BCUT2D eigenvalue weighted by molar-refractivity contribution is 7.05. The number of hydrazine groups is 1. The van der Waals surface area contributed by atoms with Gasteiger partial charge in [0.25, 0.3) is 0 Å². The summed E-state index contributed by atoms with van der Waals surface area (Å²) in [7, 11) is 0. The Balaban J connectivity index is 2.48. The molecule has 3 N–H and O–H groups in total. The fourth-order valence-electron chi connectivity index (χ4n) is 1.87. The number of hydrogen-bond donors (Lipinski definition) is 2. The van der Waals surface area contributed by atoms with Gasteiger partial charge in [-0.3, -0.25) is 10.5 Å². The molecule has 2 heterocycles. The largest absolute Gasteiger partial charge is 0.270 e. The van der Waals surface area contributed by atoms with Gasteiger partial charge in [0.2, 0.25) is 0 Å². The van der Waals surface area contributed by atoms with Crippen molar-refractivity contribution in [3.63, 3.8) is 0 Å². The Labute approximate surface area is 114 Å². The van der Waals surface area contributed by atoms with E-state index in [0.29, 0.717) is 5.02 Å². The summed E-state index contributed by atoms with van der Waals surface area (Å²) in [6.45, 7) is 4.77. The number of halogens is 1. The lowest BCUT2D eigenvalue weighted by Crippen LogP contribution is -2.31. The molecule has 6 nitrogen and oxygen atoms in total. The van der Waals surface area contributed by atoms with Gasteiger partial charge >= 0.3 is 0 Å². The average molecular weight is 287 g/mol. The van der Waals surface area contributed by atoms with Crippen LogP contribution in [-0.2, 0) is 13.0 Å². The molecule has 0 aliphatic carbocycles. The normalized spacial score (nSPS) is 12.9. The summed E-state index contributed by atoms with van der Waals surface area (Å²) in [5, 5.41) is 8.91. The third-order valence-corrected chi connectivity index (χ3v) is 3.88. The van der Waals surface area contributed by atoms with Crippen LogP contribution in [0.15, 0.2) is 6.20 Å². The summed E-state index contributed by atoms with van der Waals surface area (Å²) in [5.41, 5.74) is 4.56. The summed E-state index contributed by atoms with van der Waals surface area (Å²) in [6.07, 6.45) is 2.44. The Morgan fingerprint density at radius 1 is 1.56 bits per heavy atom. The van der Waals surface area contributed by atoms with E-state index in [9.17, 15) is 0 Å². The van der Waals surface area contributed by atoms with E-state index in [0.717, 1.165) is 29.2 Å². The zero-order valence-electron chi connectivity index (χ0n) is 10.2. The summed E-state index contributed by atoms with van der Waals surface area (Å²) in [5.74, 6) is 5.67. The van der Waals surface area contributed by atoms with Gasteiger partial charge in [-0.15, -0.1) is 5.10 Å². The topological polar surface area (TPSA) is 81.7 Å². The molecule has 0 radical (unpaired) electrons. The molecular weight excluding hydrogens is 272 g/mol. The fourth-order valence-corrected chi connectivity index (χ4v) is 2.92. The van der Waals surface area contributed by atoms with Gasteiger partial charge in [0.05, 0.1) is 27.5 Å². The highest BCUT2D eigenvalue weighted by Crippen LogP contribution is 2.31. The van der Waals surface area contributed by atoms with E-state index in [1.807, 2.05) is 18.5 Å². The summed E-state index contributed by atoms with van der Waals surface area (Å²) in [4.78, 5) is 0.983. The molecule has 18 heavy (non-hydrogen) atoms. The monoisotopic (exact) mass is 286 g/mol. The Morgan fingerprint density at radius 2 is 2.33 bits per heavy atom. The van der Waals surface area contributed by atoms with E-state index >= 15 is 0 Å². The number of aromatic nitrogens is 4. The molecule has 1 atom stereocenters. The molecule has 0 aliphatic rings. The molecule has 1 unspecified atom stereocenters. The lowest BCUT2D eigenvalue weighted by Gasteiger charge is -2.16. The summed E-state index contributed by atoms with van der Waals surface area (Å²) >= 11 is 7.52. The Morgan fingerprint density at radius 3 is 2.94 bits per heavy atom. The highest BCUT2D eigenvalue weighted by Gasteiger charge is 2.25. The van der Waals surface area contributed by atoms with Crippen molar-refractivity contribution in [2.75, 3.05) is 0 Å². The zero-order chi connectivity index (χ0) is 13.1. The van der Waals surface area contributed by atoms with Crippen LogP contribution in [0.2, 0.25) is 5.02 Å². The Hall–Kier alpha value is -1.02. The summed E-state index contributed by atoms with van der Waals surface area (Å²) < 4.78 is 5.81. The second-order valence-electron chi connectivity index (χ2n) is 3.73. The second kappa shape index (κ2) is 5.75. The predicted octanol–water partition coefficient (Wildman–Crippen LogP) is 1.52. The van der Waals surface area contributed by atoms with Crippen LogP contribution in [0.1, 0.15) is 36.2 Å². The van der Waals surface area contributed by atoms with Gasteiger partial charge < -0.3 is 0 Å². The molecule has 0 aliphatic heterocycles. The van der Waals surface area contributed by atoms with Crippen LogP contribution in [-0.4, -0.2) is 19.4 Å². The van der Waals surface area contributed by atoms with Crippen LogP contribution < -0.4 is 11.3 Å².